The number of hydrogen-bond donors (Lipinski definition) is 3. The van der Waals surface area contributed by atoms with Crippen LogP contribution in [0.5, 0.6) is 0 Å². The quantitative estimate of drug-likeness (QED) is 0.245. The first kappa shape index (κ1) is 21.1. The number of benzene rings is 2. The van der Waals surface area contributed by atoms with Gasteiger partial charge in [-0.3, -0.25) is 4.79 Å². The lowest BCUT2D eigenvalue weighted by atomic mass is 10.1. The van der Waals surface area contributed by atoms with Crippen LogP contribution >= 0.6 is 22.6 Å². The molecule has 0 aliphatic carbocycles. The summed E-state index contributed by atoms with van der Waals surface area (Å²) in [6.07, 6.45) is -1.24. The Morgan fingerprint density at radius 2 is 1.66 bits per heavy atom. The Hall–Kier alpha value is -2.64. The monoisotopic (exact) mass is 527 g/mol. The molecule has 3 rings (SSSR count). The van der Waals surface area contributed by atoms with Crippen molar-refractivity contribution in [2.75, 3.05) is 18.4 Å². The van der Waals surface area contributed by atoms with Gasteiger partial charge in [-0.25, -0.2) is 26.7 Å². The van der Waals surface area contributed by atoms with Crippen LogP contribution < -0.4 is 10.6 Å². The minimum Gasteiger partial charge on any atom is -0.465 e. The van der Waals surface area contributed by atoms with E-state index >= 15 is 0 Å². The fraction of sp³-hybridized carbons (Fsp3) is 0.176. The van der Waals surface area contributed by atoms with Crippen LogP contribution in [0.3, 0.4) is 0 Å². The van der Waals surface area contributed by atoms with Crippen LogP contribution in [0.25, 0.3) is 0 Å². The van der Waals surface area contributed by atoms with E-state index in [0.29, 0.717) is 3.57 Å². The van der Waals surface area contributed by atoms with Gasteiger partial charge < -0.3 is 20.6 Å². The maximum Gasteiger partial charge on any atom is 0.407 e. The zero-order chi connectivity index (χ0) is 21.5. The van der Waals surface area contributed by atoms with Crippen LogP contribution in [0, 0.1) is 32.7 Å². The molecule has 1 aliphatic rings. The highest BCUT2D eigenvalue weighted by molar-refractivity contribution is 14.1. The Kier molecular flexibility index (Phi) is 5.82. The van der Waals surface area contributed by atoms with Crippen molar-refractivity contribution in [1.82, 2.24) is 10.2 Å². The zero-order valence-corrected chi connectivity index (χ0v) is 16.4. The van der Waals surface area contributed by atoms with Gasteiger partial charge in [-0.1, -0.05) is 0 Å². The average molecular weight is 527 g/mol. The summed E-state index contributed by atoms with van der Waals surface area (Å²) in [7, 11) is 0. The smallest absolute Gasteiger partial charge is 0.407 e. The fourth-order valence-electron chi connectivity index (χ4n) is 2.67. The van der Waals surface area contributed by atoms with Gasteiger partial charge in [0.05, 0.1) is 17.4 Å². The molecule has 2 aromatic rings. The number of rotatable bonds is 4. The molecule has 1 fully saturated rings. The summed E-state index contributed by atoms with van der Waals surface area (Å²) in [6, 6.07) is 2.87. The van der Waals surface area contributed by atoms with Crippen molar-refractivity contribution in [2.24, 2.45) is 0 Å². The third-order valence-electron chi connectivity index (χ3n) is 4.17. The highest BCUT2D eigenvalue weighted by Gasteiger charge is 2.35. The summed E-state index contributed by atoms with van der Waals surface area (Å²) in [5.74, 6) is -10.5. The van der Waals surface area contributed by atoms with Crippen molar-refractivity contribution in [1.29, 1.82) is 0 Å². The van der Waals surface area contributed by atoms with E-state index in [-0.39, 0.29) is 13.1 Å². The van der Waals surface area contributed by atoms with E-state index in [4.69, 9.17) is 5.11 Å². The van der Waals surface area contributed by atoms with Crippen molar-refractivity contribution in [3.63, 3.8) is 0 Å². The lowest BCUT2D eigenvalue weighted by Crippen LogP contribution is -2.60. The number of carboxylic acid groups (broad SMARTS) is 1. The normalized spacial score (nSPS) is 13.8. The van der Waals surface area contributed by atoms with Crippen LogP contribution in [0.4, 0.5) is 38.1 Å². The Morgan fingerprint density at radius 3 is 2.24 bits per heavy atom. The van der Waals surface area contributed by atoms with E-state index in [1.165, 1.54) is 6.07 Å². The molecule has 12 heteroatoms. The number of nitrogens with one attached hydrogen (secondary N) is 2. The van der Waals surface area contributed by atoms with Gasteiger partial charge in [0.15, 0.2) is 23.3 Å². The summed E-state index contributed by atoms with van der Waals surface area (Å²) in [4.78, 5) is 24.1. The number of anilines is 2. The van der Waals surface area contributed by atoms with E-state index in [1.807, 2.05) is 0 Å². The van der Waals surface area contributed by atoms with Crippen LogP contribution in [0.1, 0.15) is 10.4 Å². The van der Waals surface area contributed by atoms with E-state index in [9.17, 15) is 31.5 Å². The summed E-state index contributed by atoms with van der Waals surface area (Å²) in [5, 5.41) is 13.1. The lowest BCUT2D eigenvalue weighted by Gasteiger charge is -2.37. The third-order valence-corrected chi connectivity index (χ3v) is 4.84. The van der Waals surface area contributed by atoms with Crippen molar-refractivity contribution in [3.8, 4) is 0 Å². The maximum absolute atomic E-state index is 14.3. The van der Waals surface area contributed by atoms with Gasteiger partial charge in [-0.15, -0.1) is 0 Å². The highest BCUT2D eigenvalue weighted by atomic mass is 127. The van der Waals surface area contributed by atoms with Gasteiger partial charge in [0.1, 0.15) is 11.4 Å². The van der Waals surface area contributed by atoms with E-state index in [0.717, 1.165) is 17.0 Å². The van der Waals surface area contributed by atoms with Crippen LogP contribution in [-0.4, -0.2) is 41.1 Å². The Morgan fingerprint density at radius 1 is 1.03 bits per heavy atom. The molecule has 0 bridgehead atoms. The zero-order valence-electron chi connectivity index (χ0n) is 14.2. The molecule has 3 N–H and O–H groups in total. The first-order valence-electron chi connectivity index (χ1n) is 7.97. The number of carbonyl (C=O) groups excluding carboxylic acids is 1. The number of hydrogen-bond acceptors (Lipinski definition) is 3. The van der Waals surface area contributed by atoms with Gasteiger partial charge in [-0.2, -0.15) is 0 Å². The Balaban J connectivity index is 1.97. The summed E-state index contributed by atoms with van der Waals surface area (Å²) >= 11 is 1.80. The van der Waals surface area contributed by atoms with Gasteiger partial charge >= 0.3 is 6.09 Å². The first-order chi connectivity index (χ1) is 13.6. The predicted molar refractivity (Wildman–Crippen MR) is 99.5 cm³/mol. The van der Waals surface area contributed by atoms with Crippen LogP contribution in [0.2, 0.25) is 0 Å². The minimum absolute atomic E-state index is 0.122. The summed E-state index contributed by atoms with van der Waals surface area (Å²) in [6.45, 7) is -0.243. The van der Waals surface area contributed by atoms with Gasteiger partial charge in [-0.05, 0) is 40.8 Å². The van der Waals surface area contributed by atoms with E-state index in [2.05, 4.69) is 10.6 Å². The van der Waals surface area contributed by atoms with Crippen molar-refractivity contribution >= 4 is 46.0 Å². The van der Waals surface area contributed by atoms with Crippen molar-refractivity contribution in [2.45, 2.75) is 6.04 Å². The van der Waals surface area contributed by atoms with E-state index < -0.39 is 64.1 Å². The molecule has 1 saturated heterocycles. The molecule has 0 aromatic heterocycles. The number of likely N-dealkylation sites (tertiary alicyclic amines) is 1. The number of nitrogens with zero attached hydrogens (tertiary/aromatic N) is 1. The first-order valence-corrected chi connectivity index (χ1v) is 9.04. The lowest BCUT2D eigenvalue weighted by molar-refractivity contribution is 0.0764. The second-order valence-electron chi connectivity index (χ2n) is 6.11. The van der Waals surface area contributed by atoms with Crippen LogP contribution in [0.15, 0.2) is 18.2 Å². The molecular formula is C17H11F5IN3O3. The standard InChI is InChI=1S/C17H11F5IN3O3/c18-8-3-6(23)1-2-9(8)25-15-10(11(19)12(20)13(21)14(15)22)16(27)24-7-4-26(5-7)17(28)29/h1-3,7,25H,4-5H2,(H,24,27)(H,28,29). The Labute approximate surface area is 173 Å². The number of carbonyl (C=O) groups is 2. The largest absolute Gasteiger partial charge is 0.465 e. The number of halogens is 6. The van der Waals surface area contributed by atoms with Crippen molar-refractivity contribution < 1.29 is 36.6 Å². The third kappa shape index (κ3) is 4.06. The molecule has 0 spiro atoms. The minimum atomic E-state index is -2.21. The SMILES string of the molecule is O=C(NC1CN(C(=O)O)C1)c1c(F)c(F)c(F)c(F)c1Nc1ccc(I)cc1F. The van der Waals surface area contributed by atoms with Crippen molar-refractivity contribution in [3.05, 3.63) is 56.4 Å². The fourth-order valence-corrected chi connectivity index (χ4v) is 3.12. The second kappa shape index (κ2) is 8.00. The summed E-state index contributed by atoms with van der Waals surface area (Å²) < 4.78 is 70.6. The van der Waals surface area contributed by atoms with Gasteiger partial charge in [0, 0.05) is 16.7 Å². The topological polar surface area (TPSA) is 81.7 Å². The molecule has 0 atom stereocenters. The molecule has 154 valence electrons. The highest BCUT2D eigenvalue weighted by Crippen LogP contribution is 2.32. The average Bonchev–Trinajstić information content (AvgIpc) is 2.62. The second-order valence-corrected chi connectivity index (χ2v) is 7.36. The van der Waals surface area contributed by atoms with Gasteiger partial charge in [0.2, 0.25) is 0 Å². The molecule has 2 amide bonds. The molecule has 6 nitrogen and oxygen atoms in total. The maximum atomic E-state index is 14.3. The number of amides is 2. The van der Waals surface area contributed by atoms with Gasteiger partial charge in [0.25, 0.3) is 5.91 Å². The molecule has 0 unspecified atom stereocenters. The Bertz CT molecular complexity index is 1010. The summed E-state index contributed by atoms with van der Waals surface area (Å²) in [5.41, 5.74) is -2.69. The van der Waals surface area contributed by atoms with E-state index in [1.54, 1.807) is 22.6 Å². The molecule has 2 aromatic carbocycles. The molecule has 0 saturated carbocycles. The van der Waals surface area contributed by atoms with Crippen LogP contribution in [-0.2, 0) is 0 Å². The molecule has 29 heavy (non-hydrogen) atoms. The molecule has 0 radical (unpaired) electrons. The predicted octanol–water partition coefficient (Wildman–Crippen LogP) is 3.82. The molecular weight excluding hydrogens is 516 g/mol. The molecule has 1 heterocycles. The molecule has 1 aliphatic heterocycles.